The number of aromatic nitrogens is 1. The number of thiol groups is 1. The van der Waals surface area contributed by atoms with Gasteiger partial charge in [0.05, 0.1) is 6.04 Å². The number of hydrogen-bond donors (Lipinski definition) is 9. The summed E-state index contributed by atoms with van der Waals surface area (Å²) in [6, 6.07) is 3.35. The van der Waals surface area contributed by atoms with E-state index in [1.807, 2.05) is 24.3 Å². The van der Waals surface area contributed by atoms with Gasteiger partial charge in [-0.25, -0.2) is 4.79 Å². The first-order chi connectivity index (χ1) is 18.7. The minimum absolute atomic E-state index is 0.0253. The molecule has 0 bridgehead atoms. The van der Waals surface area contributed by atoms with Gasteiger partial charge in [-0.15, -0.1) is 0 Å². The lowest BCUT2D eigenvalue weighted by Gasteiger charge is -2.24. The molecule has 4 atom stereocenters. The topological polar surface area (TPSA) is 218 Å². The highest BCUT2D eigenvalue weighted by Crippen LogP contribution is 2.19. The lowest BCUT2D eigenvalue weighted by atomic mass is 10.0. The Hall–Kier alpha value is -3.13. The summed E-state index contributed by atoms with van der Waals surface area (Å²) >= 11 is 4.17. The summed E-state index contributed by atoms with van der Waals surface area (Å²) in [4.78, 5) is 53.8. The van der Waals surface area contributed by atoms with Gasteiger partial charge in [-0.3, -0.25) is 14.4 Å². The fourth-order valence-corrected chi connectivity index (χ4v) is 4.40. The highest BCUT2D eigenvalue weighted by molar-refractivity contribution is 7.80. The second-order valence-corrected chi connectivity index (χ2v) is 9.81. The number of carboxylic acids is 1. The monoisotopic (exact) mass is 563 g/mol. The highest BCUT2D eigenvalue weighted by Gasteiger charge is 2.30. The zero-order chi connectivity index (χ0) is 28.8. The van der Waals surface area contributed by atoms with E-state index in [-0.39, 0.29) is 18.6 Å². The number of para-hydroxylation sites is 1. The molecule has 0 saturated heterocycles. The molecule has 1 heterocycles. The second kappa shape index (κ2) is 16.7. The fraction of sp³-hybridized carbons (Fsp3) is 0.538. The summed E-state index contributed by atoms with van der Waals surface area (Å²) in [7, 11) is 0. The van der Waals surface area contributed by atoms with Crippen LogP contribution in [0.3, 0.4) is 0 Å². The minimum Gasteiger partial charge on any atom is -0.480 e. The number of amides is 3. The predicted octanol–water partition coefficient (Wildman–Crippen LogP) is -0.235. The Kier molecular flexibility index (Phi) is 13.8. The Morgan fingerprint density at radius 2 is 1.44 bits per heavy atom. The first-order valence-corrected chi connectivity index (χ1v) is 13.8. The van der Waals surface area contributed by atoms with Gasteiger partial charge in [0.2, 0.25) is 17.7 Å². The normalized spacial score (nSPS) is 14.3. The maximum Gasteiger partial charge on any atom is 0.326 e. The van der Waals surface area contributed by atoms with Crippen molar-refractivity contribution >= 4 is 47.2 Å². The van der Waals surface area contributed by atoms with Crippen molar-refractivity contribution < 1.29 is 24.3 Å². The molecule has 0 aliphatic heterocycles. The molecule has 1 aromatic carbocycles. The largest absolute Gasteiger partial charge is 0.480 e. The zero-order valence-electron chi connectivity index (χ0n) is 22.0. The van der Waals surface area contributed by atoms with E-state index in [4.69, 9.17) is 17.2 Å². The number of nitrogens with one attached hydrogen (secondary N) is 4. The smallest absolute Gasteiger partial charge is 0.326 e. The van der Waals surface area contributed by atoms with Crippen molar-refractivity contribution in [2.75, 3.05) is 18.8 Å². The predicted molar refractivity (Wildman–Crippen MR) is 153 cm³/mol. The molecule has 13 heteroatoms. The van der Waals surface area contributed by atoms with Gasteiger partial charge in [0.25, 0.3) is 0 Å². The van der Waals surface area contributed by atoms with E-state index in [1.54, 1.807) is 6.20 Å². The van der Waals surface area contributed by atoms with Crippen molar-refractivity contribution in [3.05, 3.63) is 36.0 Å². The summed E-state index contributed by atoms with van der Waals surface area (Å²) in [5, 5.41) is 18.5. The van der Waals surface area contributed by atoms with Crippen molar-refractivity contribution in [1.82, 2.24) is 20.9 Å². The molecular weight excluding hydrogens is 522 g/mol. The number of benzene rings is 1. The molecule has 11 N–H and O–H groups in total. The molecule has 0 saturated carbocycles. The van der Waals surface area contributed by atoms with E-state index in [9.17, 15) is 24.3 Å². The molecule has 2 aromatic rings. The van der Waals surface area contributed by atoms with E-state index in [1.165, 1.54) is 0 Å². The van der Waals surface area contributed by atoms with Crippen LogP contribution < -0.4 is 33.2 Å². The van der Waals surface area contributed by atoms with Crippen molar-refractivity contribution in [2.24, 2.45) is 17.2 Å². The number of unbranched alkanes of at least 4 members (excludes halogenated alkanes) is 2. The highest BCUT2D eigenvalue weighted by atomic mass is 32.1. The molecule has 0 aliphatic carbocycles. The Morgan fingerprint density at radius 1 is 0.846 bits per heavy atom. The molecule has 2 rings (SSSR count). The zero-order valence-corrected chi connectivity index (χ0v) is 22.9. The molecule has 3 amide bonds. The molecule has 39 heavy (non-hydrogen) atoms. The van der Waals surface area contributed by atoms with Crippen molar-refractivity contribution in [3.63, 3.8) is 0 Å². The third-order valence-corrected chi connectivity index (χ3v) is 6.78. The van der Waals surface area contributed by atoms with Crippen molar-refractivity contribution in [2.45, 2.75) is 69.1 Å². The van der Waals surface area contributed by atoms with Crippen LogP contribution >= 0.6 is 12.6 Å². The number of rotatable bonds is 18. The van der Waals surface area contributed by atoms with Crippen LogP contribution in [0.15, 0.2) is 30.5 Å². The van der Waals surface area contributed by atoms with E-state index in [0.29, 0.717) is 38.8 Å². The van der Waals surface area contributed by atoms with Gasteiger partial charge in [0.15, 0.2) is 0 Å². The standard InChI is InChI=1S/C26H41N7O5S/c27-11-5-3-8-18(29)23(34)33-22(15-39)25(36)31-20(10-4-6-12-28)24(35)32-21(26(37)38)13-16-14-30-19-9-2-1-7-17(16)19/h1-2,7,9,14,18,20-22,30,39H,3-6,8,10-13,15,27-29H2,(H,31,36)(H,32,35)(H,33,34)(H,37,38). The third-order valence-electron chi connectivity index (χ3n) is 6.42. The van der Waals surface area contributed by atoms with Gasteiger partial charge in [-0.05, 0) is 56.8 Å². The molecular formula is C26H41N7O5S. The van der Waals surface area contributed by atoms with Gasteiger partial charge < -0.3 is 43.2 Å². The fourth-order valence-electron chi connectivity index (χ4n) is 4.14. The Bertz CT molecular complexity index is 1100. The van der Waals surface area contributed by atoms with Crippen LogP contribution in [0.5, 0.6) is 0 Å². The number of nitrogens with two attached hydrogens (primary N) is 3. The van der Waals surface area contributed by atoms with Crippen LogP contribution in [-0.2, 0) is 25.6 Å². The van der Waals surface area contributed by atoms with Gasteiger partial charge in [-0.2, -0.15) is 12.6 Å². The number of carboxylic acid groups (broad SMARTS) is 1. The second-order valence-electron chi connectivity index (χ2n) is 9.44. The first kappa shape index (κ1) is 32.1. The lowest BCUT2D eigenvalue weighted by Crippen LogP contribution is -2.57. The maximum atomic E-state index is 13.2. The first-order valence-electron chi connectivity index (χ1n) is 13.2. The van der Waals surface area contributed by atoms with Gasteiger partial charge >= 0.3 is 5.97 Å². The van der Waals surface area contributed by atoms with Crippen LogP contribution in [0.2, 0.25) is 0 Å². The van der Waals surface area contributed by atoms with E-state index >= 15 is 0 Å². The summed E-state index contributed by atoms with van der Waals surface area (Å²) in [6.45, 7) is 0.895. The molecule has 0 radical (unpaired) electrons. The third kappa shape index (κ3) is 10.2. The maximum absolute atomic E-state index is 13.2. The Morgan fingerprint density at radius 3 is 2.08 bits per heavy atom. The number of carbonyl (C=O) groups is 4. The molecule has 12 nitrogen and oxygen atoms in total. The lowest BCUT2D eigenvalue weighted by molar-refractivity contribution is -0.142. The van der Waals surface area contributed by atoms with Crippen molar-refractivity contribution in [3.8, 4) is 0 Å². The SMILES string of the molecule is NCCCCC(N)C(=O)NC(CS)C(=O)NC(CCCCN)C(=O)NC(Cc1c[nH]c2ccccc12)C(=O)O. The average molecular weight is 564 g/mol. The molecule has 1 aromatic heterocycles. The number of H-pyrrole nitrogens is 1. The minimum atomic E-state index is -1.22. The quantitative estimate of drug-likeness (QED) is 0.0868. The number of fused-ring (bicyclic) bond motifs is 1. The van der Waals surface area contributed by atoms with Crippen molar-refractivity contribution in [1.29, 1.82) is 0 Å². The van der Waals surface area contributed by atoms with Crippen LogP contribution in [0.1, 0.15) is 44.1 Å². The molecule has 0 fully saturated rings. The van der Waals surface area contributed by atoms with E-state index in [0.717, 1.165) is 22.9 Å². The summed E-state index contributed by atoms with van der Waals surface area (Å²) in [6.07, 6.45) is 4.96. The molecule has 216 valence electrons. The van der Waals surface area contributed by atoms with Gasteiger partial charge in [0.1, 0.15) is 18.1 Å². The summed E-state index contributed by atoms with van der Waals surface area (Å²) in [5.41, 5.74) is 18.6. The Balaban J connectivity index is 2.09. The van der Waals surface area contributed by atoms with Crippen LogP contribution in [0, 0.1) is 0 Å². The summed E-state index contributed by atoms with van der Waals surface area (Å²) < 4.78 is 0. The molecule has 0 spiro atoms. The van der Waals surface area contributed by atoms with E-state index < -0.39 is 47.9 Å². The number of aliphatic carboxylic acids is 1. The summed E-state index contributed by atoms with van der Waals surface area (Å²) in [5.74, 6) is -3.00. The van der Waals surface area contributed by atoms with Crippen LogP contribution in [-0.4, -0.2) is 76.8 Å². The van der Waals surface area contributed by atoms with Gasteiger partial charge in [-0.1, -0.05) is 24.6 Å². The molecule has 0 aliphatic rings. The number of hydrogen-bond acceptors (Lipinski definition) is 8. The Labute approximate surface area is 233 Å². The average Bonchev–Trinajstić information content (AvgIpc) is 3.33. The van der Waals surface area contributed by atoms with Crippen LogP contribution in [0.25, 0.3) is 10.9 Å². The molecule has 4 unspecified atom stereocenters. The number of aromatic amines is 1. The van der Waals surface area contributed by atoms with E-state index in [2.05, 4.69) is 33.6 Å². The van der Waals surface area contributed by atoms with Gasteiger partial charge in [0, 0.05) is 29.3 Å². The number of carbonyl (C=O) groups excluding carboxylic acids is 3. The van der Waals surface area contributed by atoms with Crippen LogP contribution in [0.4, 0.5) is 0 Å².